The molecule has 12 heteroatoms. The fourth-order valence-corrected chi connectivity index (χ4v) is 7.57. The summed E-state index contributed by atoms with van der Waals surface area (Å²) in [6, 6.07) is 0. The third kappa shape index (κ3) is 43.0. The number of allylic oxidation sites excluding steroid dienone is 6. The summed E-state index contributed by atoms with van der Waals surface area (Å²) in [5.41, 5.74) is 0. The van der Waals surface area contributed by atoms with Crippen molar-refractivity contribution in [3.05, 3.63) is 36.5 Å². The summed E-state index contributed by atoms with van der Waals surface area (Å²) in [6.45, 7) is 4.46. The average molecular weight is 899 g/mol. The number of carbonyl (C=O) groups excluding carboxylic acids is 3. The third-order valence-electron chi connectivity index (χ3n) is 10.6. The van der Waals surface area contributed by atoms with Crippen LogP contribution in [-0.2, 0) is 42.2 Å². The van der Waals surface area contributed by atoms with Gasteiger partial charge in [-0.25, -0.2) is 4.57 Å². The van der Waals surface area contributed by atoms with Gasteiger partial charge in [0.1, 0.15) is 12.7 Å². The number of aliphatic hydroxyl groups excluding tert-OH is 1. The van der Waals surface area contributed by atoms with Crippen molar-refractivity contribution in [1.29, 1.82) is 0 Å². The van der Waals surface area contributed by atoms with Crippen molar-refractivity contribution in [1.82, 2.24) is 0 Å². The molecule has 11 nitrogen and oxygen atoms in total. The van der Waals surface area contributed by atoms with Crippen molar-refractivity contribution in [2.75, 3.05) is 26.4 Å². The predicted octanol–water partition coefficient (Wildman–Crippen LogP) is 13.7. The molecule has 3 unspecified atom stereocenters. The van der Waals surface area contributed by atoms with Crippen LogP contribution >= 0.6 is 7.82 Å². The standard InChI is InChI=1S/C50H91O11P/c1-4-7-10-13-16-19-21-23-25-28-30-33-36-39-48(52)57-43-47(61-50(54)41-38-35-32-29-26-24-22-20-17-14-11-8-5-2)45-59-62(55,56)58-44-46(42-51)60-49(53)40-37-34-31-27-18-15-12-9-6-3/h8,11,17,20,24,26,46-47,51H,4-7,9-10,12-16,18-19,21-23,25,27-45H2,1-3H3,(H,55,56)/b11-8-,20-17-,26-24-. The number of hydrogen-bond acceptors (Lipinski definition) is 10. The summed E-state index contributed by atoms with van der Waals surface area (Å²) < 4.78 is 39.2. The number of aliphatic hydroxyl groups is 1. The molecule has 0 aromatic heterocycles. The Morgan fingerprint density at radius 2 is 0.839 bits per heavy atom. The minimum atomic E-state index is -4.73. The molecule has 0 spiro atoms. The zero-order valence-corrected chi connectivity index (χ0v) is 40.5. The Hall–Kier alpha value is -2.30. The molecule has 2 N–H and O–H groups in total. The lowest BCUT2D eigenvalue weighted by Crippen LogP contribution is -2.30. The number of phosphoric acid groups is 1. The van der Waals surface area contributed by atoms with Crippen molar-refractivity contribution in [2.24, 2.45) is 0 Å². The van der Waals surface area contributed by atoms with Gasteiger partial charge in [0.25, 0.3) is 0 Å². The molecule has 0 radical (unpaired) electrons. The SMILES string of the molecule is CC/C=C\C/C=C\C/C=C\CCCCCC(=O)OC(COC(=O)CCCCCCCCCCCCCCC)COP(=O)(O)OCC(CO)OC(=O)CCCCCCCCCCC. The quantitative estimate of drug-likeness (QED) is 0.0197. The molecule has 0 aliphatic heterocycles. The summed E-state index contributed by atoms with van der Waals surface area (Å²) in [6.07, 6.45) is 42.7. The van der Waals surface area contributed by atoms with E-state index in [0.29, 0.717) is 19.3 Å². The highest BCUT2D eigenvalue weighted by molar-refractivity contribution is 7.47. The molecule has 0 aromatic rings. The largest absolute Gasteiger partial charge is 0.472 e. The van der Waals surface area contributed by atoms with E-state index in [0.717, 1.165) is 77.0 Å². The molecule has 0 aliphatic rings. The fourth-order valence-electron chi connectivity index (χ4n) is 6.78. The van der Waals surface area contributed by atoms with E-state index in [1.54, 1.807) is 0 Å². The number of hydrogen-bond donors (Lipinski definition) is 2. The molecule has 362 valence electrons. The molecule has 3 atom stereocenters. The van der Waals surface area contributed by atoms with Crippen LogP contribution in [0.15, 0.2) is 36.5 Å². The van der Waals surface area contributed by atoms with Crippen LogP contribution in [0.3, 0.4) is 0 Å². The van der Waals surface area contributed by atoms with Crippen molar-refractivity contribution < 1.29 is 52.2 Å². The molecule has 0 bridgehead atoms. The average Bonchev–Trinajstić information content (AvgIpc) is 3.25. The van der Waals surface area contributed by atoms with Crippen molar-refractivity contribution in [2.45, 2.75) is 238 Å². The second kappa shape index (κ2) is 45.3. The van der Waals surface area contributed by atoms with Crippen LogP contribution in [0.4, 0.5) is 0 Å². The van der Waals surface area contributed by atoms with Gasteiger partial charge >= 0.3 is 25.7 Å². The number of carbonyl (C=O) groups is 3. The van der Waals surface area contributed by atoms with Gasteiger partial charge in [-0.05, 0) is 51.4 Å². The maximum absolute atomic E-state index is 12.8. The van der Waals surface area contributed by atoms with Crippen LogP contribution in [0.2, 0.25) is 0 Å². The summed E-state index contributed by atoms with van der Waals surface area (Å²) in [5, 5.41) is 9.72. The summed E-state index contributed by atoms with van der Waals surface area (Å²) in [7, 11) is -4.73. The Kier molecular flexibility index (Phi) is 43.6. The first-order chi connectivity index (χ1) is 30.2. The first-order valence-electron chi connectivity index (χ1n) is 24.9. The zero-order chi connectivity index (χ0) is 45.6. The van der Waals surface area contributed by atoms with Crippen molar-refractivity contribution >= 4 is 25.7 Å². The first-order valence-corrected chi connectivity index (χ1v) is 26.4. The first kappa shape index (κ1) is 59.7. The Bertz CT molecular complexity index is 1190. The molecule has 0 saturated heterocycles. The molecule has 0 amide bonds. The lowest BCUT2D eigenvalue weighted by molar-refractivity contribution is -0.161. The number of esters is 3. The van der Waals surface area contributed by atoms with E-state index < -0.39 is 57.8 Å². The van der Waals surface area contributed by atoms with Gasteiger partial charge in [-0.2, -0.15) is 0 Å². The lowest BCUT2D eigenvalue weighted by atomic mass is 10.0. The van der Waals surface area contributed by atoms with E-state index >= 15 is 0 Å². The third-order valence-corrected chi connectivity index (χ3v) is 11.5. The highest BCUT2D eigenvalue weighted by Crippen LogP contribution is 2.43. The number of ether oxygens (including phenoxy) is 3. The van der Waals surface area contributed by atoms with E-state index in [1.165, 1.54) is 89.9 Å². The van der Waals surface area contributed by atoms with Crippen molar-refractivity contribution in [3.8, 4) is 0 Å². The van der Waals surface area contributed by atoms with E-state index in [4.69, 9.17) is 23.3 Å². The van der Waals surface area contributed by atoms with Gasteiger partial charge in [0.05, 0.1) is 19.8 Å². The van der Waals surface area contributed by atoms with Gasteiger partial charge in [-0.15, -0.1) is 0 Å². The second-order valence-corrected chi connectivity index (χ2v) is 18.1. The highest BCUT2D eigenvalue weighted by atomic mass is 31.2. The maximum Gasteiger partial charge on any atom is 0.472 e. The van der Waals surface area contributed by atoms with E-state index in [1.807, 2.05) is 0 Å². The Balaban J connectivity index is 4.78. The summed E-state index contributed by atoms with van der Waals surface area (Å²) in [5.74, 6) is -1.49. The highest BCUT2D eigenvalue weighted by Gasteiger charge is 2.28. The van der Waals surface area contributed by atoms with Crippen LogP contribution in [-0.4, -0.2) is 66.5 Å². The van der Waals surface area contributed by atoms with Crippen LogP contribution in [0.1, 0.15) is 226 Å². The lowest BCUT2D eigenvalue weighted by Gasteiger charge is -2.21. The molecule has 0 fully saturated rings. The van der Waals surface area contributed by atoms with Gasteiger partial charge in [-0.1, -0.05) is 192 Å². The number of phosphoric ester groups is 1. The van der Waals surface area contributed by atoms with Gasteiger partial charge in [0, 0.05) is 19.3 Å². The molecule has 0 aliphatic carbocycles. The molecular weight excluding hydrogens is 808 g/mol. The van der Waals surface area contributed by atoms with Crippen LogP contribution < -0.4 is 0 Å². The van der Waals surface area contributed by atoms with Gasteiger partial charge in [0.15, 0.2) is 6.10 Å². The number of unbranched alkanes of at least 4 members (excludes halogenated alkanes) is 23. The predicted molar refractivity (Wildman–Crippen MR) is 252 cm³/mol. The Labute approximate surface area is 378 Å². The summed E-state index contributed by atoms with van der Waals surface area (Å²) in [4.78, 5) is 48.1. The zero-order valence-electron chi connectivity index (χ0n) is 39.6. The normalized spacial score (nSPS) is 13.8. The maximum atomic E-state index is 12.8. The van der Waals surface area contributed by atoms with Gasteiger partial charge in [-0.3, -0.25) is 23.4 Å². The minimum absolute atomic E-state index is 0.136. The molecule has 0 saturated carbocycles. The molecule has 0 heterocycles. The Morgan fingerprint density at radius 1 is 0.468 bits per heavy atom. The molecule has 62 heavy (non-hydrogen) atoms. The smallest absolute Gasteiger partial charge is 0.462 e. The molecular formula is C50H91O11P. The van der Waals surface area contributed by atoms with Gasteiger partial charge < -0.3 is 24.2 Å². The van der Waals surface area contributed by atoms with Crippen LogP contribution in [0, 0.1) is 0 Å². The van der Waals surface area contributed by atoms with E-state index in [-0.39, 0.29) is 25.9 Å². The van der Waals surface area contributed by atoms with Crippen LogP contribution in [0.25, 0.3) is 0 Å². The van der Waals surface area contributed by atoms with Gasteiger partial charge in [0.2, 0.25) is 0 Å². The monoisotopic (exact) mass is 899 g/mol. The molecule has 0 aromatic carbocycles. The van der Waals surface area contributed by atoms with E-state index in [2.05, 4.69) is 57.2 Å². The van der Waals surface area contributed by atoms with Crippen molar-refractivity contribution in [3.63, 3.8) is 0 Å². The minimum Gasteiger partial charge on any atom is -0.462 e. The number of rotatable bonds is 46. The van der Waals surface area contributed by atoms with Crippen LogP contribution in [0.5, 0.6) is 0 Å². The van der Waals surface area contributed by atoms with E-state index in [9.17, 15) is 28.9 Å². The fraction of sp³-hybridized carbons (Fsp3) is 0.820. The molecule has 0 rings (SSSR count). The second-order valence-electron chi connectivity index (χ2n) is 16.6. The summed E-state index contributed by atoms with van der Waals surface area (Å²) >= 11 is 0. The topological polar surface area (TPSA) is 155 Å². The Morgan fingerprint density at radius 3 is 1.29 bits per heavy atom.